The summed E-state index contributed by atoms with van der Waals surface area (Å²) in [5, 5.41) is 3.79. The third kappa shape index (κ3) is 4.09. The molecule has 0 aliphatic heterocycles. The monoisotopic (exact) mass is 389 g/mol. The molecule has 0 spiro atoms. The number of thiazole rings is 1. The first-order valence-electron chi connectivity index (χ1n) is 8.05. The minimum absolute atomic E-state index is 0.129. The van der Waals surface area contributed by atoms with Crippen LogP contribution in [0.4, 0.5) is 5.69 Å². The van der Waals surface area contributed by atoms with Gasteiger partial charge in [0.25, 0.3) is 5.91 Å². The average molecular weight is 390 g/mol. The number of benzene rings is 2. The van der Waals surface area contributed by atoms with E-state index < -0.39 is 10.0 Å². The van der Waals surface area contributed by atoms with Crippen LogP contribution in [0.25, 0.3) is 10.2 Å². The van der Waals surface area contributed by atoms with Gasteiger partial charge in [0.15, 0.2) is 0 Å². The van der Waals surface area contributed by atoms with Crippen LogP contribution in [0, 0.1) is 6.92 Å². The summed E-state index contributed by atoms with van der Waals surface area (Å²) >= 11 is 1.56. The van der Waals surface area contributed by atoms with Crippen LogP contribution < -0.4 is 10.0 Å². The number of rotatable bonds is 5. The Morgan fingerprint density at radius 2 is 1.81 bits per heavy atom. The summed E-state index contributed by atoms with van der Waals surface area (Å²) in [6, 6.07) is 11.2. The largest absolute Gasteiger partial charge is 0.322 e. The molecule has 0 atom stereocenters. The molecule has 2 N–H and O–H groups in total. The van der Waals surface area contributed by atoms with Crippen molar-refractivity contribution in [3.05, 3.63) is 53.0 Å². The normalized spacial score (nSPS) is 11.8. The van der Waals surface area contributed by atoms with Gasteiger partial charge in [-0.2, -0.15) is 0 Å². The van der Waals surface area contributed by atoms with Gasteiger partial charge in [0.1, 0.15) is 0 Å². The molecule has 1 amide bonds. The molecule has 0 radical (unpaired) electrons. The van der Waals surface area contributed by atoms with Crippen molar-refractivity contribution < 1.29 is 13.2 Å². The van der Waals surface area contributed by atoms with E-state index in [1.807, 2.05) is 19.1 Å². The van der Waals surface area contributed by atoms with Gasteiger partial charge in [-0.25, -0.2) is 18.1 Å². The molecule has 1 aromatic heterocycles. The summed E-state index contributed by atoms with van der Waals surface area (Å²) in [5.74, 6) is -0.300. The fraction of sp³-hybridized carbons (Fsp3) is 0.222. The standard InChI is InChI=1S/C18H19N3O3S2/c1-11(2)21-26(23,24)15-7-4-13(5-8-15)18(22)20-14-6-9-16-17(10-14)25-12(3)19-16/h4-11,21H,1-3H3,(H,20,22). The molecule has 0 aliphatic rings. The van der Waals surface area contributed by atoms with Gasteiger partial charge < -0.3 is 5.32 Å². The van der Waals surface area contributed by atoms with Crippen LogP contribution in [0.15, 0.2) is 47.4 Å². The number of anilines is 1. The highest BCUT2D eigenvalue weighted by molar-refractivity contribution is 7.89. The predicted molar refractivity (Wildman–Crippen MR) is 104 cm³/mol. The molecule has 136 valence electrons. The Bertz CT molecular complexity index is 1050. The fourth-order valence-electron chi connectivity index (χ4n) is 2.48. The molecule has 0 saturated heterocycles. The third-order valence-electron chi connectivity index (χ3n) is 3.57. The molecule has 0 unspecified atom stereocenters. The summed E-state index contributed by atoms with van der Waals surface area (Å²) in [4.78, 5) is 16.9. The van der Waals surface area contributed by atoms with Crippen LogP contribution in [-0.2, 0) is 10.0 Å². The zero-order chi connectivity index (χ0) is 18.9. The summed E-state index contributed by atoms with van der Waals surface area (Å²) in [7, 11) is -3.57. The molecule has 0 fully saturated rings. The van der Waals surface area contributed by atoms with Gasteiger partial charge in [-0.15, -0.1) is 11.3 Å². The maximum absolute atomic E-state index is 12.4. The molecule has 6 nitrogen and oxygen atoms in total. The zero-order valence-electron chi connectivity index (χ0n) is 14.6. The molecular weight excluding hydrogens is 370 g/mol. The van der Waals surface area contributed by atoms with E-state index in [4.69, 9.17) is 0 Å². The Morgan fingerprint density at radius 1 is 1.12 bits per heavy atom. The van der Waals surface area contributed by atoms with E-state index in [2.05, 4.69) is 15.0 Å². The van der Waals surface area contributed by atoms with Crippen molar-refractivity contribution in [3.8, 4) is 0 Å². The van der Waals surface area contributed by atoms with E-state index in [0.29, 0.717) is 11.3 Å². The van der Waals surface area contributed by atoms with E-state index in [0.717, 1.165) is 15.2 Å². The lowest BCUT2D eigenvalue weighted by molar-refractivity contribution is 0.102. The quantitative estimate of drug-likeness (QED) is 0.698. The number of hydrogen-bond acceptors (Lipinski definition) is 5. The van der Waals surface area contributed by atoms with Gasteiger partial charge >= 0.3 is 0 Å². The smallest absolute Gasteiger partial charge is 0.255 e. The van der Waals surface area contributed by atoms with E-state index in [9.17, 15) is 13.2 Å². The summed E-state index contributed by atoms with van der Waals surface area (Å²) in [6.07, 6.45) is 0. The summed E-state index contributed by atoms with van der Waals surface area (Å²) in [6.45, 7) is 5.44. The second-order valence-electron chi connectivity index (χ2n) is 6.17. The van der Waals surface area contributed by atoms with Crippen molar-refractivity contribution in [2.45, 2.75) is 31.7 Å². The van der Waals surface area contributed by atoms with Gasteiger partial charge in [-0.05, 0) is 63.2 Å². The molecule has 0 bridgehead atoms. The van der Waals surface area contributed by atoms with Gasteiger partial charge in [0.05, 0.1) is 20.1 Å². The van der Waals surface area contributed by atoms with Crippen LogP contribution in [0.5, 0.6) is 0 Å². The first-order chi connectivity index (χ1) is 12.2. The Balaban J connectivity index is 1.77. The number of hydrogen-bond donors (Lipinski definition) is 2. The van der Waals surface area contributed by atoms with Crippen LogP contribution in [0.3, 0.4) is 0 Å². The number of fused-ring (bicyclic) bond motifs is 1. The van der Waals surface area contributed by atoms with Crippen LogP contribution in [-0.4, -0.2) is 25.4 Å². The van der Waals surface area contributed by atoms with E-state index >= 15 is 0 Å². The van der Waals surface area contributed by atoms with Crippen molar-refractivity contribution >= 4 is 43.2 Å². The number of carbonyl (C=O) groups is 1. The highest BCUT2D eigenvalue weighted by Crippen LogP contribution is 2.25. The number of nitrogens with zero attached hydrogens (tertiary/aromatic N) is 1. The number of nitrogens with one attached hydrogen (secondary N) is 2. The minimum Gasteiger partial charge on any atom is -0.322 e. The number of aryl methyl sites for hydroxylation is 1. The molecule has 8 heteroatoms. The lowest BCUT2D eigenvalue weighted by atomic mass is 10.2. The fourth-order valence-corrected chi connectivity index (χ4v) is 4.60. The summed E-state index contributed by atoms with van der Waals surface area (Å²) < 4.78 is 27.8. The summed E-state index contributed by atoms with van der Waals surface area (Å²) in [5.41, 5.74) is 1.95. The Labute approximate surface area is 156 Å². The predicted octanol–water partition coefficient (Wildman–Crippen LogP) is 3.54. The van der Waals surface area contributed by atoms with Gasteiger partial charge in [-0.3, -0.25) is 4.79 Å². The van der Waals surface area contributed by atoms with E-state index in [1.54, 1.807) is 31.3 Å². The SMILES string of the molecule is Cc1nc2ccc(NC(=O)c3ccc(S(=O)(=O)NC(C)C)cc3)cc2s1. The molecule has 3 aromatic rings. The topological polar surface area (TPSA) is 88.2 Å². The number of carbonyl (C=O) groups excluding carboxylic acids is 1. The van der Waals surface area contributed by atoms with Crippen molar-refractivity contribution in [1.29, 1.82) is 0 Å². The van der Waals surface area contributed by atoms with Gasteiger partial charge in [0.2, 0.25) is 10.0 Å². The van der Waals surface area contributed by atoms with Crippen LogP contribution in [0.2, 0.25) is 0 Å². The lowest BCUT2D eigenvalue weighted by Crippen LogP contribution is -2.30. The Hall–Kier alpha value is -2.29. The first-order valence-corrected chi connectivity index (χ1v) is 10.4. The van der Waals surface area contributed by atoms with Gasteiger partial charge in [0, 0.05) is 17.3 Å². The molecular formula is C18H19N3O3S2. The zero-order valence-corrected chi connectivity index (χ0v) is 16.2. The van der Waals surface area contributed by atoms with Crippen molar-refractivity contribution in [3.63, 3.8) is 0 Å². The highest BCUT2D eigenvalue weighted by atomic mass is 32.2. The highest BCUT2D eigenvalue weighted by Gasteiger charge is 2.16. The van der Waals surface area contributed by atoms with Gasteiger partial charge in [-0.1, -0.05) is 0 Å². The van der Waals surface area contributed by atoms with Crippen molar-refractivity contribution in [2.75, 3.05) is 5.32 Å². The lowest BCUT2D eigenvalue weighted by Gasteiger charge is -2.10. The number of sulfonamides is 1. The first kappa shape index (κ1) is 18.5. The molecule has 2 aromatic carbocycles. The third-order valence-corrected chi connectivity index (χ3v) is 6.18. The molecule has 26 heavy (non-hydrogen) atoms. The second-order valence-corrected chi connectivity index (χ2v) is 9.12. The number of aromatic nitrogens is 1. The van der Waals surface area contributed by atoms with Crippen LogP contribution in [0.1, 0.15) is 29.2 Å². The average Bonchev–Trinajstić information content (AvgIpc) is 2.93. The molecule has 1 heterocycles. The molecule has 0 aliphatic carbocycles. The van der Waals surface area contributed by atoms with Crippen molar-refractivity contribution in [1.82, 2.24) is 9.71 Å². The molecule has 0 saturated carbocycles. The van der Waals surface area contributed by atoms with Crippen molar-refractivity contribution in [2.24, 2.45) is 0 Å². The molecule has 3 rings (SSSR count). The number of amides is 1. The van der Waals surface area contributed by atoms with Crippen LogP contribution >= 0.6 is 11.3 Å². The van der Waals surface area contributed by atoms with E-state index in [1.165, 1.54) is 24.3 Å². The minimum atomic E-state index is -3.57. The maximum atomic E-state index is 12.4. The Kier molecular flexibility index (Phi) is 5.08. The second kappa shape index (κ2) is 7.14. The van der Waals surface area contributed by atoms with E-state index in [-0.39, 0.29) is 16.8 Å². The maximum Gasteiger partial charge on any atom is 0.255 e. The Morgan fingerprint density at radius 3 is 2.46 bits per heavy atom.